The first-order chi connectivity index (χ1) is 40.5. The maximum absolute atomic E-state index is 6.96. The van der Waals surface area contributed by atoms with Crippen LogP contribution < -0.4 is 10.9 Å². The lowest BCUT2D eigenvalue weighted by Gasteiger charge is -2.35. The van der Waals surface area contributed by atoms with Gasteiger partial charge in [0.25, 0.3) is 0 Å². The van der Waals surface area contributed by atoms with Gasteiger partial charge >= 0.3 is 14.2 Å². The third-order valence-corrected chi connectivity index (χ3v) is 21.7. The zero-order valence-electron chi connectivity index (χ0n) is 55.2. The van der Waals surface area contributed by atoms with E-state index >= 15 is 0 Å². The van der Waals surface area contributed by atoms with Gasteiger partial charge in [-0.15, -0.1) is 0 Å². The zero-order valence-corrected chi connectivity index (χ0v) is 55.2. The Balaban J connectivity index is 1.24. The van der Waals surface area contributed by atoms with Crippen LogP contribution in [0.1, 0.15) is 336 Å². The van der Waals surface area contributed by atoms with Gasteiger partial charge in [-0.1, -0.05) is 256 Å². The van der Waals surface area contributed by atoms with Gasteiger partial charge in [0, 0.05) is 32.9 Å². The molecule has 2 saturated heterocycles. The van der Waals surface area contributed by atoms with Gasteiger partial charge in [0.15, 0.2) is 0 Å². The molecule has 0 atom stereocenters. The van der Waals surface area contributed by atoms with Crippen LogP contribution in [0.5, 0.6) is 0 Å². The van der Waals surface area contributed by atoms with Gasteiger partial charge in [-0.3, -0.25) is 0 Å². The molecule has 0 amide bonds. The molecule has 0 saturated carbocycles. The summed E-state index contributed by atoms with van der Waals surface area (Å²) >= 11 is 0. The van der Waals surface area contributed by atoms with Gasteiger partial charge < -0.3 is 18.6 Å². The summed E-state index contributed by atoms with van der Waals surface area (Å²) in [6.07, 6.45) is 45.0. The fourth-order valence-electron chi connectivity index (χ4n) is 15.2. The van der Waals surface area contributed by atoms with Gasteiger partial charge in [0.05, 0.1) is 22.4 Å². The van der Waals surface area contributed by atoms with Crippen molar-refractivity contribution in [2.45, 2.75) is 347 Å². The normalized spacial score (nSPS) is 18.4. The van der Waals surface area contributed by atoms with Crippen LogP contribution in [-0.4, -0.2) is 57.3 Å². The summed E-state index contributed by atoms with van der Waals surface area (Å²) in [4.78, 5) is 0. The van der Waals surface area contributed by atoms with Crippen LogP contribution in [-0.2, 0) is 29.4 Å². The maximum atomic E-state index is 6.96. The molecular weight excluding hydrogens is 1040 g/mol. The molecule has 10 nitrogen and oxygen atoms in total. The first-order valence-corrected chi connectivity index (χ1v) is 35.0. The van der Waals surface area contributed by atoms with Gasteiger partial charge in [-0.05, 0) is 137 Å². The maximum Gasteiger partial charge on any atom is 0.497 e. The van der Waals surface area contributed by atoms with Gasteiger partial charge in [-0.25, -0.2) is 9.26 Å². The Morgan fingerprint density at radius 3 is 0.798 bits per heavy atom. The third-order valence-electron chi connectivity index (χ3n) is 21.7. The number of fused-ring (bicyclic) bond motifs is 10. The highest BCUT2D eigenvalue weighted by Crippen LogP contribution is 2.62. The monoisotopic (exact) mass is 1150 g/mol. The summed E-state index contributed by atoms with van der Waals surface area (Å²) in [5, 5.41) is 19.5. The number of hydrogen-bond acceptors (Lipinski definition) is 10. The molecule has 0 bridgehead atoms. The van der Waals surface area contributed by atoms with Crippen LogP contribution in [0.4, 0.5) is 0 Å². The third kappa shape index (κ3) is 13.5. The summed E-state index contributed by atoms with van der Waals surface area (Å²) in [7, 11) is -1.23. The van der Waals surface area contributed by atoms with Crippen molar-refractivity contribution in [3.05, 3.63) is 46.5 Å². The number of aromatic nitrogens is 4. The lowest BCUT2D eigenvalue weighted by Crippen LogP contribution is -2.41. The zero-order chi connectivity index (χ0) is 59.6. The SMILES string of the molecule is CCCCCCCCCCC1(CCCCCCCCCC)c2cc3c(cc2-c2c1cc(B1OC(C)(C)C(C)(C)O1)c1nonc21)C(CCCCCCCCCC)(CCCCCCCCCC)c1cc(B2OC(C)(C)C(C)(C)O2)c2nonc2c1-3. The van der Waals surface area contributed by atoms with E-state index in [0.29, 0.717) is 0 Å². The van der Waals surface area contributed by atoms with Crippen LogP contribution in [0.25, 0.3) is 44.3 Å². The fraction of sp³-hybridized carbons (Fsp3) is 0.750. The molecule has 0 N–H and O–H groups in total. The standard InChI is InChI=1S/C72H112B2N4O6/c1-13-17-21-25-29-33-37-41-45-71(46-42-38-34-30-26-22-18-14-2)55-49-54-56(50-53(55)61-57(71)51-59(63-65(61)77-83-75-63)73-79-67(5,6)68(7,8)80-73)72(47-43-39-35-31-27-23-19-15-3,48-44-40-36-32-28-24-20-16-4)58-52-60(64-66(62(54)58)78-84-76-64)74-81-69(9,10)70(11,12)82-74/h49-52H,13-48H2,1-12H3. The smallest absolute Gasteiger partial charge is 0.399 e. The average molecular weight is 1150 g/mol. The molecular formula is C72H112B2N4O6. The van der Waals surface area contributed by atoms with Crippen molar-refractivity contribution < 1.29 is 27.9 Å². The summed E-state index contributed by atoms with van der Waals surface area (Å²) in [6.45, 7) is 26.5. The summed E-state index contributed by atoms with van der Waals surface area (Å²) in [5.74, 6) is 0. The van der Waals surface area contributed by atoms with Crippen LogP contribution >= 0.6 is 0 Å². The molecule has 3 aromatic carbocycles. The van der Waals surface area contributed by atoms with Crippen molar-refractivity contribution in [2.24, 2.45) is 0 Å². The lowest BCUT2D eigenvalue weighted by molar-refractivity contribution is 0.00578. The lowest BCUT2D eigenvalue weighted by atomic mass is 9.67. The molecule has 462 valence electrons. The second-order valence-electron chi connectivity index (χ2n) is 28.9. The van der Waals surface area contributed by atoms with Crippen molar-refractivity contribution in [1.29, 1.82) is 0 Å². The minimum Gasteiger partial charge on any atom is -0.399 e. The minimum absolute atomic E-state index is 0.305. The van der Waals surface area contributed by atoms with E-state index in [0.717, 1.165) is 84.4 Å². The Kier molecular flexibility index (Phi) is 22.2. The highest BCUT2D eigenvalue weighted by atomic mass is 16.7. The second-order valence-corrected chi connectivity index (χ2v) is 28.9. The van der Waals surface area contributed by atoms with E-state index in [1.54, 1.807) is 0 Å². The number of rotatable bonds is 38. The molecule has 9 rings (SSSR count). The Hall–Kier alpha value is -3.57. The molecule has 2 fully saturated rings. The minimum atomic E-state index is -0.615. The van der Waals surface area contributed by atoms with Crippen molar-refractivity contribution in [1.82, 2.24) is 20.6 Å². The molecule has 2 aliphatic carbocycles. The van der Waals surface area contributed by atoms with Crippen molar-refractivity contribution in [3.8, 4) is 22.3 Å². The number of benzene rings is 3. The van der Waals surface area contributed by atoms with Crippen molar-refractivity contribution in [3.63, 3.8) is 0 Å². The molecule has 2 aliphatic heterocycles. The topological polar surface area (TPSA) is 115 Å². The largest absolute Gasteiger partial charge is 0.497 e. The number of unbranched alkanes of at least 4 members (excludes halogenated alkanes) is 28. The Morgan fingerprint density at radius 1 is 0.298 bits per heavy atom. The van der Waals surface area contributed by atoms with Crippen molar-refractivity contribution in [2.75, 3.05) is 0 Å². The van der Waals surface area contributed by atoms with E-state index < -0.39 is 36.6 Å². The van der Waals surface area contributed by atoms with E-state index in [9.17, 15) is 0 Å². The highest BCUT2D eigenvalue weighted by Gasteiger charge is 2.57. The van der Waals surface area contributed by atoms with E-state index in [-0.39, 0.29) is 10.8 Å². The predicted molar refractivity (Wildman–Crippen MR) is 350 cm³/mol. The van der Waals surface area contributed by atoms with Crippen LogP contribution in [0.2, 0.25) is 0 Å². The first kappa shape index (κ1) is 64.9. The van der Waals surface area contributed by atoms with E-state index in [2.05, 4.69) is 107 Å². The number of nitrogens with zero attached hydrogens (tertiary/aromatic N) is 4. The fourth-order valence-corrected chi connectivity index (χ4v) is 15.2. The molecule has 84 heavy (non-hydrogen) atoms. The molecule has 0 radical (unpaired) electrons. The summed E-state index contributed by atoms with van der Waals surface area (Å²) in [6, 6.07) is 10.3. The van der Waals surface area contributed by atoms with E-state index in [4.69, 9.17) is 48.5 Å². The average Bonchev–Trinajstić information content (AvgIpc) is 2.66. The van der Waals surface area contributed by atoms with Crippen LogP contribution in [0.15, 0.2) is 33.5 Å². The Morgan fingerprint density at radius 2 is 0.536 bits per heavy atom. The highest BCUT2D eigenvalue weighted by molar-refractivity contribution is 6.65. The Labute approximate surface area is 509 Å². The van der Waals surface area contributed by atoms with Crippen LogP contribution in [0.3, 0.4) is 0 Å². The molecule has 0 spiro atoms. The molecule has 12 heteroatoms. The summed E-state index contributed by atoms with van der Waals surface area (Å²) in [5.41, 5.74) is 12.8. The molecule has 4 heterocycles. The Bertz CT molecular complexity index is 2640. The van der Waals surface area contributed by atoms with Gasteiger partial charge in [0.1, 0.15) is 22.1 Å². The molecule has 2 aromatic heterocycles. The summed E-state index contributed by atoms with van der Waals surface area (Å²) < 4.78 is 39.7. The number of hydrogen-bond donors (Lipinski definition) is 0. The van der Waals surface area contributed by atoms with Gasteiger partial charge in [0.2, 0.25) is 0 Å². The molecule has 0 unspecified atom stereocenters. The second kappa shape index (κ2) is 28.7. The first-order valence-electron chi connectivity index (χ1n) is 35.0. The van der Waals surface area contributed by atoms with E-state index in [1.807, 2.05) is 0 Å². The molecule has 4 aliphatic rings. The quantitative estimate of drug-likeness (QED) is 0.0279. The van der Waals surface area contributed by atoms with Crippen LogP contribution in [0, 0.1) is 0 Å². The molecule has 5 aromatic rings. The van der Waals surface area contributed by atoms with Crippen molar-refractivity contribution >= 4 is 47.2 Å². The predicted octanol–water partition coefficient (Wildman–Crippen LogP) is 20.0. The van der Waals surface area contributed by atoms with Gasteiger partial charge in [-0.2, -0.15) is 0 Å². The van der Waals surface area contributed by atoms with E-state index in [1.165, 1.54) is 224 Å².